The summed E-state index contributed by atoms with van der Waals surface area (Å²) in [5, 5.41) is 13.5. The minimum Gasteiger partial charge on any atom is -0.374 e. The fraction of sp³-hybridized carbons (Fsp3) is 0.471. The largest absolute Gasteiger partial charge is 0.374 e. The maximum atomic E-state index is 12.0. The number of amides is 2. The zero-order valence-electron chi connectivity index (χ0n) is 14.6. The molecule has 1 unspecified atom stereocenters. The molecule has 0 saturated carbocycles. The van der Waals surface area contributed by atoms with E-state index in [1.807, 2.05) is 52.1 Å². The second-order valence-electron chi connectivity index (χ2n) is 6.03. The van der Waals surface area contributed by atoms with Crippen LogP contribution in [0.25, 0.3) is 0 Å². The molecule has 2 aromatic rings. The number of carbonyl (C=O) groups is 1. The van der Waals surface area contributed by atoms with Gasteiger partial charge in [0.25, 0.3) is 0 Å². The zero-order chi connectivity index (χ0) is 17.5. The maximum absolute atomic E-state index is 12.0. The van der Waals surface area contributed by atoms with Gasteiger partial charge in [-0.25, -0.2) is 4.79 Å². The molecule has 0 radical (unpaired) electrons. The predicted octanol–water partition coefficient (Wildman–Crippen LogP) is 2.30. The van der Waals surface area contributed by atoms with E-state index in [4.69, 9.17) is 4.74 Å². The lowest BCUT2D eigenvalue weighted by Gasteiger charge is -2.14. The summed E-state index contributed by atoms with van der Waals surface area (Å²) in [5.41, 5.74) is 2.15. The minimum atomic E-state index is -0.238. The van der Waals surface area contributed by atoms with Crippen LogP contribution in [0.3, 0.4) is 0 Å². The van der Waals surface area contributed by atoms with Crippen molar-refractivity contribution in [2.75, 3.05) is 0 Å². The number of rotatable bonds is 7. The van der Waals surface area contributed by atoms with E-state index in [0.29, 0.717) is 19.0 Å². The fourth-order valence-corrected chi connectivity index (χ4v) is 2.19. The van der Waals surface area contributed by atoms with Gasteiger partial charge >= 0.3 is 6.03 Å². The van der Waals surface area contributed by atoms with E-state index >= 15 is 0 Å². The van der Waals surface area contributed by atoms with Crippen LogP contribution in [0.5, 0.6) is 0 Å². The van der Waals surface area contributed by atoms with Crippen molar-refractivity contribution in [1.82, 2.24) is 25.4 Å². The molecule has 1 atom stereocenters. The molecule has 7 nitrogen and oxygen atoms in total. The van der Waals surface area contributed by atoms with Crippen molar-refractivity contribution in [3.8, 4) is 0 Å². The van der Waals surface area contributed by atoms with E-state index in [1.54, 1.807) is 10.9 Å². The van der Waals surface area contributed by atoms with E-state index in [2.05, 4.69) is 20.8 Å². The van der Waals surface area contributed by atoms with Crippen molar-refractivity contribution >= 4 is 6.03 Å². The monoisotopic (exact) mass is 331 g/mol. The number of carbonyl (C=O) groups excluding carboxylic acids is 1. The SMILES string of the molecule is CC(C)OCc1ccc(CNC(=O)NC(C)c2nncn2C)cc1. The molecule has 7 heteroatoms. The number of ether oxygens (including phenoxy) is 1. The molecule has 24 heavy (non-hydrogen) atoms. The number of aryl methyl sites for hydroxylation is 1. The lowest BCUT2D eigenvalue weighted by molar-refractivity contribution is 0.0657. The summed E-state index contributed by atoms with van der Waals surface area (Å²) < 4.78 is 7.34. The molecule has 0 bridgehead atoms. The maximum Gasteiger partial charge on any atom is 0.315 e. The fourth-order valence-electron chi connectivity index (χ4n) is 2.19. The molecule has 1 aromatic carbocycles. The molecule has 0 fully saturated rings. The lowest BCUT2D eigenvalue weighted by Crippen LogP contribution is -2.37. The number of urea groups is 1. The standard InChI is InChI=1S/C17H25N5O2/c1-12(2)24-10-15-7-5-14(6-8-15)9-18-17(23)20-13(3)16-21-19-11-22(16)4/h5-8,11-13H,9-10H2,1-4H3,(H2,18,20,23). The van der Waals surface area contributed by atoms with Gasteiger partial charge in [-0.2, -0.15) is 0 Å². The summed E-state index contributed by atoms with van der Waals surface area (Å²) in [4.78, 5) is 12.0. The highest BCUT2D eigenvalue weighted by Gasteiger charge is 2.13. The highest BCUT2D eigenvalue weighted by molar-refractivity contribution is 5.74. The molecule has 0 aliphatic carbocycles. The molecule has 2 N–H and O–H groups in total. The first-order valence-corrected chi connectivity index (χ1v) is 8.03. The Kier molecular flexibility index (Phi) is 6.31. The van der Waals surface area contributed by atoms with Gasteiger partial charge < -0.3 is 19.9 Å². The molecule has 2 amide bonds. The van der Waals surface area contributed by atoms with Gasteiger partial charge in [0.1, 0.15) is 6.33 Å². The number of hydrogen-bond acceptors (Lipinski definition) is 4. The van der Waals surface area contributed by atoms with Gasteiger partial charge in [0.05, 0.1) is 18.8 Å². The Morgan fingerprint density at radius 1 is 1.21 bits per heavy atom. The lowest BCUT2D eigenvalue weighted by atomic mass is 10.1. The summed E-state index contributed by atoms with van der Waals surface area (Å²) in [6.07, 6.45) is 1.82. The summed E-state index contributed by atoms with van der Waals surface area (Å²) >= 11 is 0. The Bertz CT molecular complexity index is 651. The number of benzene rings is 1. The molecular weight excluding hydrogens is 306 g/mol. The minimum absolute atomic E-state index is 0.214. The first-order chi connectivity index (χ1) is 11.5. The number of nitrogens with one attached hydrogen (secondary N) is 2. The smallest absolute Gasteiger partial charge is 0.315 e. The van der Waals surface area contributed by atoms with Gasteiger partial charge in [-0.3, -0.25) is 0 Å². The average Bonchev–Trinajstić information content (AvgIpc) is 2.98. The van der Waals surface area contributed by atoms with Crippen LogP contribution in [0, 0.1) is 0 Å². The van der Waals surface area contributed by atoms with Gasteiger partial charge in [-0.1, -0.05) is 24.3 Å². The molecule has 1 aromatic heterocycles. The van der Waals surface area contributed by atoms with Crippen LogP contribution in [0.15, 0.2) is 30.6 Å². The van der Waals surface area contributed by atoms with E-state index in [9.17, 15) is 4.79 Å². The Morgan fingerprint density at radius 2 is 1.88 bits per heavy atom. The molecule has 1 heterocycles. The molecule has 0 aliphatic heterocycles. The third kappa shape index (κ3) is 5.34. The second kappa shape index (κ2) is 8.44. The first kappa shape index (κ1) is 17.9. The molecule has 0 saturated heterocycles. The van der Waals surface area contributed by atoms with Gasteiger partial charge in [-0.15, -0.1) is 10.2 Å². The first-order valence-electron chi connectivity index (χ1n) is 8.03. The summed E-state index contributed by atoms with van der Waals surface area (Å²) in [6.45, 7) is 6.95. The number of hydrogen-bond donors (Lipinski definition) is 2. The zero-order valence-corrected chi connectivity index (χ0v) is 14.6. The third-order valence-corrected chi connectivity index (χ3v) is 3.54. The Labute approximate surface area is 142 Å². The Hall–Kier alpha value is -2.41. The van der Waals surface area contributed by atoms with E-state index in [-0.39, 0.29) is 18.2 Å². The van der Waals surface area contributed by atoms with Crippen LogP contribution in [0.4, 0.5) is 4.79 Å². The highest BCUT2D eigenvalue weighted by atomic mass is 16.5. The van der Waals surface area contributed by atoms with Crippen molar-refractivity contribution < 1.29 is 9.53 Å². The average molecular weight is 331 g/mol. The van der Waals surface area contributed by atoms with Gasteiger partial charge in [-0.05, 0) is 31.9 Å². The van der Waals surface area contributed by atoms with Crippen LogP contribution >= 0.6 is 0 Å². The van der Waals surface area contributed by atoms with Crippen molar-refractivity contribution in [2.45, 2.75) is 46.1 Å². The van der Waals surface area contributed by atoms with Crippen LogP contribution < -0.4 is 10.6 Å². The molecule has 130 valence electrons. The van der Waals surface area contributed by atoms with Crippen molar-refractivity contribution in [3.05, 3.63) is 47.5 Å². The summed E-state index contributed by atoms with van der Waals surface area (Å²) in [6, 6.07) is 7.56. The summed E-state index contributed by atoms with van der Waals surface area (Å²) in [5.74, 6) is 0.708. The Balaban J connectivity index is 1.78. The van der Waals surface area contributed by atoms with Crippen molar-refractivity contribution in [2.24, 2.45) is 7.05 Å². The molecule has 2 rings (SSSR count). The van der Waals surface area contributed by atoms with Crippen molar-refractivity contribution in [3.63, 3.8) is 0 Å². The van der Waals surface area contributed by atoms with E-state index in [0.717, 1.165) is 11.1 Å². The number of aromatic nitrogens is 3. The van der Waals surface area contributed by atoms with Gasteiger partial charge in [0.15, 0.2) is 5.82 Å². The topological polar surface area (TPSA) is 81.1 Å². The van der Waals surface area contributed by atoms with Crippen LogP contribution in [0.2, 0.25) is 0 Å². The third-order valence-electron chi connectivity index (χ3n) is 3.54. The van der Waals surface area contributed by atoms with Gasteiger partial charge in [0.2, 0.25) is 0 Å². The number of nitrogens with zero attached hydrogens (tertiary/aromatic N) is 3. The van der Waals surface area contributed by atoms with Crippen LogP contribution in [-0.2, 0) is 24.9 Å². The highest BCUT2D eigenvalue weighted by Crippen LogP contribution is 2.08. The summed E-state index contributed by atoms with van der Waals surface area (Å²) in [7, 11) is 1.84. The normalized spacial score (nSPS) is 12.2. The van der Waals surface area contributed by atoms with Gasteiger partial charge in [0, 0.05) is 13.6 Å². The molecular formula is C17H25N5O2. The Morgan fingerprint density at radius 3 is 2.46 bits per heavy atom. The van der Waals surface area contributed by atoms with Crippen LogP contribution in [-0.4, -0.2) is 26.9 Å². The quantitative estimate of drug-likeness (QED) is 0.816. The van der Waals surface area contributed by atoms with E-state index < -0.39 is 0 Å². The molecule has 0 aliphatic rings. The van der Waals surface area contributed by atoms with E-state index in [1.165, 1.54) is 0 Å². The molecule has 0 spiro atoms. The second-order valence-corrected chi connectivity index (χ2v) is 6.03. The van der Waals surface area contributed by atoms with Crippen molar-refractivity contribution in [1.29, 1.82) is 0 Å². The predicted molar refractivity (Wildman–Crippen MR) is 91.2 cm³/mol. The van der Waals surface area contributed by atoms with Crippen LogP contribution in [0.1, 0.15) is 43.8 Å².